The molecule has 146 valence electrons. The minimum Gasteiger partial charge on any atom is -0.506 e. The largest absolute Gasteiger partial charge is 0.506 e. The van der Waals surface area contributed by atoms with Gasteiger partial charge in [0, 0.05) is 17.5 Å². The Morgan fingerprint density at radius 2 is 1.68 bits per heavy atom. The minimum absolute atomic E-state index is 0.0463. The monoisotopic (exact) mass is 410 g/mol. The molecule has 0 radical (unpaired) electrons. The zero-order valence-corrected chi connectivity index (χ0v) is 15.1. The average molecular weight is 410 g/mol. The number of nitrogens with one attached hydrogen (secondary N) is 1. The van der Waals surface area contributed by atoms with Crippen molar-refractivity contribution in [1.29, 1.82) is 5.26 Å². The number of carbonyl (C=O) groups is 1. The molecule has 2 aromatic carbocycles. The lowest BCUT2D eigenvalue weighted by molar-refractivity contribution is -0.137. The molecular weight excluding hydrogens is 397 g/mol. The zero-order valence-electron chi connectivity index (χ0n) is 14.3. The normalized spacial score (nSPS) is 12.7. The Kier molecular flexibility index (Phi) is 5.80. The van der Waals surface area contributed by atoms with E-state index in [1.54, 1.807) is 0 Å². The maximum atomic E-state index is 12.6. The molecule has 2 rings (SSSR count). The minimum atomic E-state index is -4.55. The maximum absolute atomic E-state index is 12.6. The van der Waals surface area contributed by atoms with Crippen LogP contribution < -0.4 is 5.32 Å². The fourth-order valence-corrected chi connectivity index (χ4v) is 3.16. The molecule has 2 aromatic rings. The van der Waals surface area contributed by atoms with E-state index in [0.717, 1.165) is 30.5 Å². The SMILES string of the molecule is CS(=O)(=O)c1ccccc1/C(O)=C(\C#N)C(=O)Nc1ccc(C(F)(F)F)cc1. The molecule has 28 heavy (non-hydrogen) atoms. The third-order valence-corrected chi connectivity index (χ3v) is 4.74. The van der Waals surface area contributed by atoms with E-state index in [1.807, 2.05) is 0 Å². The second kappa shape index (κ2) is 7.74. The van der Waals surface area contributed by atoms with E-state index in [4.69, 9.17) is 0 Å². The average Bonchev–Trinajstić information content (AvgIpc) is 2.61. The Morgan fingerprint density at radius 1 is 1.11 bits per heavy atom. The van der Waals surface area contributed by atoms with Crippen LogP contribution in [-0.2, 0) is 20.8 Å². The smallest absolute Gasteiger partial charge is 0.416 e. The molecule has 0 aliphatic rings. The molecule has 0 aliphatic carbocycles. The number of nitrogens with zero attached hydrogens (tertiary/aromatic N) is 1. The molecule has 0 spiro atoms. The lowest BCUT2D eigenvalue weighted by Crippen LogP contribution is -2.16. The molecule has 0 aliphatic heterocycles. The third-order valence-electron chi connectivity index (χ3n) is 3.59. The van der Waals surface area contributed by atoms with E-state index >= 15 is 0 Å². The van der Waals surface area contributed by atoms with E-state index in [2.05, 4.69) is 5.32 Å². The number of benzene rings is 2. The Balaban J connectivity index is 2.40. The van der Waals surface area contributed by atoms with Crippen LogP contribution in [0.15, 0.2) is 59.0 Å². The summed E-state index contributed by atoms with van der Waals surface area (Å²) in [5.74, 6) is -1.98. The van der Waals surface area contributed by atoms with Crippen molar-refractivity contribution in [3.63, 3.8) is 0 Å². The molecule has 6 nitrogen and oxygen atoms in total. The van der Waals surface area contributed by atoms with Gasteiger partial charge in [-0.2, -0.15) is 18.4 Å². The van der Waals surface area contributed by atoms with Crippen LogP contribution in [0.4, 0.5) is 18.9 Å². The first kappa shape index (κ1) is 21.0. The van der Waals surface area contributed by atoms with Crippen molar-refractivity contribution in [1.82, 2.24) is 0 Å². The van der Waals surface area contributed by atoms with Gasteiger partial charge in [-0.3, -0.25) is 4.79 Å². The lowest BCUT2D eigenvalue weighted by Gasteiger charge is -2.11. The molecule has 0 aromatic heterocycles. The van der Waals surface area contributed by atoms with Gasteiger partial charge in [0.25, 0.3) is 5.91 Å². The molecule has 0 saturated carbocycles. The number of hydrogen-bond donors (Lipinski definition) is 2. The molecule has 0 fully saturated rings. The van der Waals surface area contributed by atoms with Gasteiger partial charge in [-0.05, 0) is 36.4 Å². The van der Waals surface area contributed by atoms with E-state index in [-0.39, 0.29) is 16.1 Å². The van der Waals surface area contributed by atoms with Crippen LogP contribution in [0.2, 0.25) is 0 Å². The van der Waals surface area contributed by atoms with Gasteiger partial charge in [0.2, 0.25) is 0 Å². The van der Waals surface area contributed by atoms with Crippen molar-refractivity contribution in [3.8, 4) is 6.07 Å². The van der Waals surface area contributed by atoms with Crippen LogP contribution in [0.25, 0.3) is 5.76 Å². The number of anilines is 1. The van der Waals surface area contributed by atoms with E-state index in [1.165, 1.54) is 30.3 Å². The number of sulfone groups is 1. The Bertz CT molecular complexity index is 1080. The summed E-state index contributed by atoms with van der Waals surface area (Å²) in [4.78, 5) is 12.0. The summed E-state index contributed by atoms with van der Waals surface area (Å²) in [6.45, 7) is 0. The van der Waals surface area contributed by atoms with Crippen LogP contribution in [-0.4, -0.2) is 25.7 Å². The lowest BCUT2D eigenvalue weighted by atomic mass is 10.1. The molecule has 2 N–H and O–H groups in total. The predicted molar refractivity (Wildman–Crippen MR) is 94.8 cm³/mol. The second-order valence-electron chi connectivity index (χ2n) is 5.63. The highest BCUT2D eigenvalue weighted by atomic mass is 32.2. The standard InChI is InChI=1S/C18H13F3N2O4S/c1-28(26,27)15-5-3-2-4-13(15)16(24)14(10-22)17(25)23-12-8-6-11(7-9-12)18(19,20)21/h2-9,24H,1H3,(H,23,25)/b16-14-. The van der Waals surface area contributed by atoms with Crippen molar-refractivity contribution in [3.05, 3.63) is 65.2 Å². The van der Waals surface area contributed by atoms with Crippen LogP contribution in [0.3, 0.4) is 0 Å². The summed E-state index contributed by atoms with van der Waals surface area (Å²) >= 11 is 0. The van der Waals surface area contributed by atoms with Gasteiger partial charge in [0.15, 0.2) is 15.4 Å². The van der Waals surface area contributed by atoms with Crippen molar-refractivity contribution in [2.75, 3.05) is 11.6 Å². The number of halogens is 3. The fourth-order valence-electron chi connectivity index (χ4n) is 2.27. The Labute approximate surface area is 158 Å². The molecule has 0 atom stereocenters. The van der Waals surface area contributed by atoms with E-state index < -0.39 is 38.8 Å². The van der Waals surface area contributed by atoms with Gasteiger partial charge in [-0.15, -0.1) is 0 Å². The topological polar surface area (TPSA) is 107 Å². The zero-order chi connectivity index (χ0) is 21.1. The van der Waals surface area contributed by atoms with Crippen LogP contribution in [0.5, 0.6) is 0 Å². The first-order chi connectivity index (χ1) is 12.9. The van der Waals surface area contributed by atoms with Crippen LogP contribution >= 0.6 is 0 Å². The molecule has 0 heterocycles. The number of rotatable bonds is 4. The van der Waals surface area contributed by atoms with Crippen molar-refractivity contribution < 1.29 is 31.5 Å². The first-order valence-corrected chi connectivity index (χ1v) is 9.45. The molecule has 0 unspecified atom stereocenters. The highest BCUT2D eigenvalue weighted by molar-refractivity contribution is 7.90. The first-order valence-electron chi connectivity index (χ1n) is 7.56. The quantitative estimate of drug-likeness (QED) is 0.455. The summed E-state index contributed by atoms with van der Waals surface area (Å²) in [5, 5.41) is 21.7. The number of hydrogen-bond acceptors (Lipinski definition) is 5. The number of nitriles is 1. The number of carbonyl (C=O) groups excluding carboxylic acids is 1. The number of aliphatic hydroxyl groups is 1. The van der Waals surface area contributed by atoms with Gasteiger partial charge in [0.05, 0.1) is 10.5 Å². The van der Waals surface area contributed by atoms with Gasteiger partial charge >= 0.3 is 6.18 Å². The van der Waals surface area contributed by atoms with Crippen molar-refractivity contribution in [2.45, 2.75) is 11.1 Å². The summed E-state index contributed by atoms with van der Waals surface area (Å²) in [6.07, 6.45) is -3.65. The highest BCUT2D eigenvalue weighted by Crippen LogP contribution is 2.30. The highest BCUT2D eigenvalue weighted by Gasteiger charge is 2.30. The fraction of sp³-hybridized carbons (Fsp3) is 0.111. The Morgan fingerprint density at radius 3 is 2.18 bits per heavy atom. The molecule has 0 saturated heterocycles. The molecule has 10 heteroatoms. The third kappa shape index (κ3) is 4.69. The van der Waals surface area contributed by atoms with Gasteiger partial charge in [-0.25, -0.2) is 8.42 Å². The molecule has 1 amide bonds. The maximum Gasteiger partial charge on any atom is 0.416 e. The van der Waals surface area contributed by atoms with E-state index in [9.17, 15) is 36.8 Å². The summed E-state index contributed by atoms with van der Waals surface area (Å²) in [5.41, 5.74) is -2.01. The van der Waals surface area contributed by atoms with E-state index in [0.29, 0.717) is 0 Å². The van der Waals surface area contributed by atoms with Gasteiger partial charge < -0.3 is 10.4 Å². The van der Waals surface area contributed by atoms with Crippen LogP contribution in [0.1, 0.15) is 11.1 Å². The van der Waals surface area contributed by atoms with Crippen LogP contribution in [0, 0.1) is 11.3 Å². The van der Waals surface area contributed by atoms with Gasteiger partial charge in [-0.1, -0.05) is 12.1 Å². The predicted octanol–water partition coefficient (Wildman–Crippen LogP) is 3.54. The summed E-state index contributed by atoms with van der Waals surface area (Å²) < 4.78 is 61.4. The second-order valence-corrected chi connectivity index (χ2v) is 7.62. The molecular formula is C18H13F3N2O4S. The van der Waals surface area contributed by atoms with Crippen molar-refractivity contribution >= 4 is 27.2 Å². The number of aliphatic hydroxyl groups excluding tert-OH is 1. The van der Waals surface area contributed by atoms with Gasteiger partial charge in [0.1, 0.15) is 11.8 Å². The number of amides is 1. The molecule has 0 bridgehead atoms. The summed E-state index contributed by atoms with van der Waals surface area (Å²) in [6, 6.07) is 10.1. The Hall–Kier alpha value is -3.32. The number of alkyl halides is 3. The summed E-state index contributed by atoms with van der Waals surface area (Å²) in [7, 11) is -3.77. The van der Waals surface area contributed by atoms with Crippen molar-refractivity contribution in [2.24, 2.45) is 0 Å².